The first-order valence-electron chi connectivity index (χ1n) is 9.31. The Morgan fingerprint density at radius 2 is 2.00 bits per heavy atom. The predicted molar refractivity (Wildman–Crippen MR) is 95.5 cm³/mol. The molecule has 3 rings (SSSR count). The quantitative estimate of drug-likeness (QED) is 0.904. The van der Waals surface area contributed by atoms with Gasteiger partial charge >= 0.3 is 0 Å². The lowest BCUT2D eigenvalue weighted by Gasteiger charge is -2.39. The zero-order valence-corrected chi connectivity index (χ0v) is 15.1. The lowest BCUT2D eigenvalue weighted by Crippen LogP contribution is -2.50. The van der Waals surface area contributed by atoms with Crippen LogP contribution in [0.5, 0.6) is 0 Å². The minimum atomic E-state index is -0.419. The number of piperidine rings is 1. The van der Waals surface area contributed by atoms with Crippen molar-refractivity contribution in [2.45, 2.75) is 46.0 Å². The second-order valence-corrected chi connectivity index (χ2v) is 7.26. The van der Waals surface area contributed by atoms with Gasteiger partial charge in [0, 0.05) is 43.5 Å². The van der Waals surface area contributed by atoms with Gasteiger partial charge in [-0.1, -0.05) is 13.8 Å². The summed E-state index contributed by atoms with van der Waals surface area (Å²) in [5, 5.41) is 0. The van der Waals surface area contributed by atoms with E-state index in [1.165, 1.54) is 6.07 Å². The molecule has 25 heavy (non-hydrogen) atoms. The predicted octanol–water partition coefficient (Wildman–Crippen LogP) is 1.80. The van der Waals surface area contributed by atoms with Crippen molar-refractivity contribution in [2.24, 2.45) is 5.41 Å². The average Bonchev–Trinajstić information content (AvgIpc) is 3.03. The van der Waals surface area contributed by atoms with Crippen molar-refractivity contribution in [3.05, 3.63) is 33.7 Å². The minimum absolute atomic E-state index is 0.141. The fraction of sp³-hybridized carbons (Fsp3) is 0.632. The van der Waals surface area contributed by atoms with Crippen LogP contribution in [0, 0.1) is 5.41 Å². The molecule has 2 saturated heterocycles. The summed E-state index contributed by atoms with van der Waals surface area (Å²) in [6.07, 6.45) is 4.20. The molecule has 0 bridgehead atoms. The van der Waals surface area contributed by atoms with Crippen LogP contribution in [0.15, 0.2) is 16.9 Å². The number of hydrogen-bond donors (Lipinski definition) is 1. The molecule has 2 fully saturated rings. The maximum absolute atomic E-state index is 12.9. The second-order valence-electron chi connectivity index (χ2n) is 7.26. The maximum atomic E-state index is 12.9. The van der Waals surface area contributed by atoms with Crippen molar-refractivity contribution >= 4 is 11.8 Å². The average molecular weight is 345 g/mol. The molecule has 2 aliphatic heterocycles. The van der Waals surface area contributed by atoms with E-state index in [9.17, 15) is 14.4 Å². The molecule has 0 radical (unpaired) electrons. The van der Waals surface area contributed by atoms with E-state index < -0.39 is 5.41 Å². The number of likely N-dealkylation sites (tertiary alicyclic amines) is 2. The lowest BCUT2D eigenvalue weighted by molar-refractivity contribution is -0.145. The third-order valence-corrected chi connectivity index (χ3v) is 5.49. The summed E-state index contributed by atoms with van der Waals surface area (Å²) in [5.41, 5.74) is 0.510. The monoisotopic (exact) mass is 345 g/mol. The Morgan fingerprint density at radius 1 is 1.20 bits per heavy atom. The molecule has 1 spiro atoms. The van der Waals surface area contributed by atoms with Crippen molar-refractivity contribution in [1.29, 1.82) is 0 Å². The smallest absolute Gasteiger partial charge is 0.254 e. The first-order chi connectivity index (χ1) is 12.0. The second kappa shape index (κ2) is 7.02. The number of aromatic nitrogens is 1. The molecule has 1 aromatic heterocycles. The molecule has 6 nitrogen and oxygen atoms in total. The number of carbonyl (C=O) groups excluding carboxylic acids is 2. The van der Waals surface area contributed by atoms with Gasteiger partial charge in [0.25, 0.3) is 5.91 Å². The van der Waals surface area contributed by atoms with E-state index in [4.69, 9.17) is 0 Å². The number of rotatable bonds is 4. The number of pyridine rings is 1. The van der Waals surface area contributed by atoms with E-state index in [-0.39, 0.29) is 17.4 Å². The first kappa shape index (κ1) is 17.7. The van der Waals surface area contributed by atoms with Crippen LogP contribution in [0.3, 0.4) is 0 Å². The van der Waals surface area contributed by atoms with Gasteiger partial charge in [-0.05, 0) is 38.2 Å². The van der Waals surface area contributed by atoms with Gasteiger partial charge in [-0.15, -0.1) is 0 Å². The zero-order valence-electron chi connectivity index (χ0n) is 15.1. The molecule has 6 heteroatoms. The molecular formula is C19H27N3O3. The molecule has 0 aromatic carbocycles. The largest absolute Gasteiger partial charge is 0.342 e. The Hall–Kier alpha value is -2.11. The minimum Gasteiger partial charge on any atom is -0.342 e. The van der Waals surface area contributed by atoms with Gasteiger partial charge < -0.3 is 14.8 Å². The van der Waals surface area contributed by atoms with Crippen LogP contribution in [-0.4, -0.2) is 52.8 Å². The van der Waals surface area contributed by atoms with Gasteiger partial charge in [-0.3, -0.25) is 14.4 Å². The summed E-state index contributed by atoms with van der Waals surface area (Å²) in [7, 11) is 0. The fourth-order valence-electron chi connectivity index (χ4n) is 4.16. The van der Waals surface area contributed by atoms with Crippen LogP contribution in [0.4, 0.5) is 0 Å². The van der Waals surface area contributed by atoms with E-state index in [1.54, 1.807) is 11.0 Å². The molecule has 1 N–H and O–H groups in total. The summed E-state index contributed by atoms with van der Waals surface area (Å²) in [6.45, 7) is 6.70. The molecule has 1 aromatic rings. The van der Waals surface area contributed by atoms with E-state index >= 15 is 0 Å². The summed E-state index contributed by atoms with van der Waals surface area (Å²) < 4.78 is 0. The number of aromatic amines is 1. The zero-order chi connectivity index (χ0) is 18.0. The summed E-state index contributed by atoms with van der Waals surface area (Å²) >= 11 is 0. The Labute approximate surface area is 148 Å². The van der Waals surface area contributed by atoms with Crippen LogP contribution in [0.1, 0.15) is 55.6 Å². The summed E-state index contributed by atoms with van der Waals surface area (Å²) in [4.78, 5) is 44.0. The normalized spacial score (nSPS) is 23.5. The van der Waals surface area contributed by atoms with Gasteiger partial charge in [-0.25, -0.2) is 0 Å². The molecule has 0 unspecified atom stereocenters. The lowest BCUT2D eigenvalue weighted by atomic mass is 9.78. The topological polar surface area (TPSA) is 73.5 Å². The van der Waals surface area contributed by atoms with Crippen LogP contribution in [-0.2, 0) is 11.2 Å². The Kier molecular flexibility index (Phi) is 4.97. The van der Waals surface area contributed by atoms with Gasteiger partial charge in [0.1, 0.15) is 0 Å². The van der Waals surface area contributed by atoms with Crippen LogP contribution in [0.2, 0.25) is 0 Å². The number of H-pyrrole nitrogens is 1. The maximum Gasteiger partial charge on any atom is 0.254 e. The van der Waals surface area contributed by atoms with Crippen molar-refractivity contribution in [2.75, 3.05) is 26.2 Å². The Balaban J connectivity index is 1.78. The fourth-order valence-corrected chi connectivity index (χ4v) is 4.16. The van der Waals surface area contributed by atoms with E-state index in [0.717, 1.165) is 44.5 Å². The van der Waals surface area contributed by atoms with Crippen molar-refractivity contribution in [3.8, 4) is 0 Å². The third kappa shape index (κ3) is 3.34. The van der Waals surface area contributed by atoms with Gasteiger partial charge in [-0.2, -0.15) is 0 Å². The molecule has 3 heterocycles. The third-order valence-electron chi connectivity index (χ3n) is 5.49. The van der Waals surface area contributed by atoms with Crippen molar-refractivity contribution in [1.82, 2.24) is 14.8 Å². The number of nitrogens with one attached hydrogen (secondary N) is 1. The van der Waals surface area contributed by atoms with Crippen LogP contribution < -0.4 is 5.56 Å². The highest BCUT2D eigenvalue weighted by molar-refractivity contribution is 5.95. The molecule has 136 valence electrons. The number of amides is 2. The van der Waals surface area contributed by atoms with E-state index in [1.807, 2.05) is 11.8 Å². The molecular weight excluding hydrogens is 318 g/mol. The highest BCUT2D eigenvalue weighted by Crippen LogP contribution is 2.40. The summed E-state index contributed by atoms with van der Waals surface area (Å²) in [6, 6.07) is 3.11. The number of hydrogen-bond acceptors (Lipinski definition) is 3. The highest BCUT2D eigenvalue weighted by atomic mass is 16.2. The molecule has 0 aliphatic carbocycles. The van der Waals surface area contributed by atoms with Crippen molar-refractivity contribution < 1.29 is 9.59 Å². The van der Waals surface area contributed by atoms with Gasteiger partial charge in [0.15, 0.2) is 0 Å². The Bertz CT molecular complexity index is 725. The molecule has 2 amide bonds. The molecule has 1 atom stereocenters. The van der Waals surface area contributed by atoms with Crippen LogP contribution in [0.25, 0.3) is 0 Å². The van der Waals surface area contributed by atoms with Gasteiger partial charge in [0.2, 0.25) is 11.5 Å². The summed E-state index contributed by atoms with van der Waals surface area (Å²) in [5.74, 6) is 0.0640. The first-order valence-corrected chi connectivity index (χ1v) is 9.31. The standard InChI is InChI=1S/C19H27N3O3/c1-3-8-21-9-5-6-19(18(21)25)7-10-22(13-19)17(24)14-11-15(4-2)20-16(23)12-14/h11-12H,3-10,13H2,1-2H3,(H,20,23)/t19-/m1/s1. The van der Waals surface area contributed by atoms with Crippen LogP contribution >= 0.6 is 0 Å². The molecule has 2 aliphatic rings. The SMILES string of the molecule is CCCN1CCC[C@]2(CCN(C(=O)c3cc(CC)[nH]c(=O)c3)C2)C1=O. The Morgan fingerprint density at radius 3 is 2.72 bits per heavy atom. The number of nitrogens with zero attached hydrogens (tertiary/aromatic N) is 2. The number of carbonyl (C=O) groups is 2. The number of aryl methyl sites for hydroxylation is 1. The highest BCUT2D eigenvalue weighted by Gasteiger charge is 2.49. The van der Waals surface area contributed by atoms with Gasteiger partial charge in [0.05, 0.1) is 5.41 Å². The van der Waals surface area contributed by atoms with Crippen molar-refractivity contribution in [3.63, 3.8) is 0 Å². The van der Waals surface area contributed by atoms with E-state index in [0.29, 0.717) is 25.1 Å². The van der Waals surface area contributed by atoms with E-state index in [2.05, 4.69) is 11.9 Å². The molecule has 0 saturated carbocycles.